The van der Waals surface area contributed by atoms with Crippen molar-refractivity contribution in [3.05, 3.63) is 72.3 Å². The van der Waals surface area contributed by atoms with Crippen LogP contribution in [0.2, 0.25) is 0 Å². The summed E-state index contributed by atoms with van der Waals surface area (Å²) >= 11 is 0. The average Bonchev–Trinajstić information content (AvgIpc) is 2.95. The number of hydrogen-bond donors (Lipinski definition) is 3. The van der Waals surface area contributed by atoms with E-state index >= 15 is 4.39 Å². The molecule has 0 radical (unpaired) electrons. The van der Waals surface area contributed by atoms with Crippen LogP contribution in [0.15, 0.2) is 60.9 Å². The zero-order chi connectivity index (χ0) is 28.6. The standard InChI is InChI=1S/C29H30FN5O5/c1-5-19(6-2)40-27-14-22-25(15-26(27)38-4)31-16-32-28(22)33-24-11-10-21(13-23(24)30)39-20-9-7-8-18(12-20)29(37)35-34-17(3)36/h7-16,19H,5-6H2,1-4H3,(H,34,36)(H,35,37)(H,31,32,33). The molecule has 0 saturated carbocycles. The number of amides is 2. The maximum absolute atomic E-state index is 15.1. The number of nitrogens with one attached hydrogen (secondary N) is 3. The van der Waals surface area contributed by atoms with Crippen LogP contribution in [0.4, 0.5) is 15.9 Å². The molecule has 1 heterocycles. The Labute approximate surface area is 230 Å². The smallest absolute Gasteiger partial charge is 0.269 e. The minimum atomic E-state index is -0.578. The Kier molecular flexibility index (Phi) is 8.95. The van der Waals surface area contributed by atoms with Gasteiger partial charge < -0.3 is 19.5 Å². The van der Waals surface area contributed by atoms with Crippen LogP contribution in [0.5, 0.6) is 23.0 Å². The van der Waals surface area contributed by atoms with E-state index in [1.807, 2.05) is 0 Å². The van der Waals surface area contributed by atoms with Gasteiger partial charge in [-0.3, -0.25) is 20.4 Å². The van der Waals surface area contributed by atoms with Gasteiger partial charge in [-0.15, -0.1) is 0 Å². The molecule has 3 aromatic carbocycles. The van der Waals surface area contributed by atoms with Crippen molar-refractivity contribution in [3.63, 3.8) is 0 Å². The number of aromatic nitrogens is 2. The third-order valence-electron chi connectivity index (χ3n) is 6.00. The lowest BCUT2D eigenvalue weighted by atomic mass is 10.1. The predicted octanol–water partition coefficient (Wildman–Crippen LogP) is 5.66. The second kappa shape index (κ2) is 12.7. The summed E-state index contributed by atoms with van der Waals surface area (Å²) in [6.45, 7) is 5.38. The first-order valence-corrected chi connectivity index (χ1v) is 12.7. The Balaban J connectivity index is 1.55. The number of fused-ring (bicyclic) bond motifs is 1. The molecule has 0 aliphatic rings. The van der Waals surface area contributed by atoms with Gasteiger partial charge in [-0.2, -0.15) is 0 Å². The fourth-order valence-corrected chi connectivity index (χ4v) is 3.89. The quantitative estimate of drug-likeness (QED) is 0.217. The summed E-state index contributed by atoms with van der Waals surface area (Å²) in [6.07, 6.45) is 3.07. The molecule has 0 aliphatic carbocycles. The Hall–Kier alpha value is -4.93. The van der Waals surface area contributed by atoms with Gasteiger partial charge in [0.1, 0.15) is 29.5 Å². The van der Waals surface area contributed by atoms with Crippen molar-refractivity contribution in [1.82, 2.24) is 20.8 Å². The van der Waals surface area contributed by atoms with Crippen molar-refractivity contribution in [2.75, 3.05) is 12.4 Å². The topological polar surface area (TPSA) is 124 Å². The molecule has 10 nitrogen and oxygen atoms in total. The molecule has 1 aromatic heterocycles. The van der Waals surface area contributed by atoms with Gasteiger partial charge in [0.2, 0.25) is 5.91 Å². The van der Waals surface area contributed by atoms with E-state index < -0.39 is 17.6 Å². The molecule has 3 N–H and O–H groups in total. The van der Waals surface area contributed by atoms with Crippen molar-refractivity contribution >= 4 is 34.2 Å². The number of halogens is 1. The number of rotatable bonds is 10. The first-order valence-electron chi connectivity index (χ1n) is 12.7. The summed E-state index contributed by atoms with van der Waals surface area (Å²) in [4.78, 5) is 31.9. The van der Waals surface area contributed by atoms with Crippen LogP contribution < -0.4 is 30.4 Å². The summed E-state index contributed by atoms with van der Waals surface area (Å²) < 4.78 is 32.6. The van der Waals surface area contributed by atoms with Crippen LogP contribution in [-0.2, 0) is 4.79 Å². The molecule has 11 heteroatoms. The summed E-state index contributed by atoms with van der Waals surface area (Å²) in [7, 11) is 1.57. The SMILES string of the molecule is CCC(CC)Oc1cc2c(Nc3ccc(Oc4cccc(C(=O)NNC(C)=O)c4)cc3F)ncnc2cc1OC. The highest BCUT2D eigenvalue weighted by atomic mass is 19.1. The maximum Gasteiger partial charge on any atom is 0.269 e. The van der Waals surface area contributed by atoms with Gasteiger partial charge in [-0.05, 0) is 49.2 Å². The lowest BCUT2D eigenvalue weighted by Gasteiger charge is -2.19. The van der Waals surface area contributed by atoms with Crippen molar-refractivity contribution in [2.24, 2.45) is 0 Å². The van der Waals surface area contributed by atoms with Gasteiger partial charge in [-0.1, -0.05) is 19.9 Å². The molecule has 4 rings (SSSR count). The average molecular weight is 548 g/mol. The molecular formula is C29H30FN5O5. The second-order valence-corrected chi connectivity index (χ2v) is 8.83. The fraction of sp³-hybridized carbons (Fsp3) is 0.241. The monoisotopic (exact) mass is 547 g/mol. The minimum absolute atomic E-state index is 0.0182. The molecule has 2 amide bonds. The molecule has 0 saturated heterocycles. The Morgan fingerprint density at radius 1 is 0.950 bits per heavy atom. The van der Waals surface area contributed by atoms with Crippen LogP contribution in [-0.4, -0.2) is 35.0 Å². The zero-order valence-corrected chi connectivity index (χ0v) is 22.6. The highest BCUT2D eigenvalue weighted by Crippen LogP contribution is 2.36. The van der Waals surface area contributed by atoms with Gasteiger partial charge in [0.15, 0.2) is 11.5 Å². The Morgan fingerprint density at radius 3 is 2.42 bits per heavy atom. The fourth-order valence-electron chi connectivity index (χ4n) is 3.89. The first kappa shape index (κ1) is 28.1. The normalized spacial score (nSPS) is 10.8. The van der Waals surface area contributed by atoms with E-state index in [-0.39, 0.29) is 23.1 Å². The lowest BCUT2D eigenvalue weighted by Crippen LogP contribution is -2.40. The van der Waals surface area contributed by atoms with Gasteiger partial charge in [0.25, 0.3) is 5.91 Å². The molecule has 40 heavy (non-hydrogen) atoms. The van der Waals surface area contributed by atoms with E-state index in [9.17, 15) is 9.59 Å². The number of ether oxygens (including phenoxy) is 3. The molecule has 0 bridgehead atoms. The molecular weight excluding hydrogens is 517 g/mol. The van der Waals surface area contributed by atoms with Crippen molar-refractivity contribution in [2.45, 2.75) is 39.7 Å². The van der Waals surface area contributed by atoms with E-state index in [1.165, 1.54) is 31.5 Å². The van der Waals surface area contributed by atoms with Gasteiger partial charge in [0.05, 0.1) is 24.4 Å². The molecule has 0 atom stereocenters. The van der Waals surface area contributed by atoms with Crippen molar-refractivity contribution < 1.29 is 28.2 Å². The Bertz CT molecular complexity index is 1530. The minimum Gasteiger partial charge on any atom is -0.493 e. The summed E-state index contributed by atoms with van der Waals surface area (Å²) in [5.41, 5.74) is 5.54. The number of carbonyl (C=O) groups excluding carboxylic acids is 2. The van der Waals surface area contributed by atoms with Crippen LogP contribution >= 0.6 is 0 Å². The number of anilines is 2. The predicted molar refractivity (Wildman–Crippen MR) is 149 cm³/mol. The second-order valence-electron chi connectivity index (χ2n) is 8.83. The number of benzene rings is 3. The molecule has 0 aliphatic heterocycles. The zero-order valence-electron chi connectivity index (χ0n) is 22.6. The van der Waals surface area contributed by atoms with E-state index in [0.29, 0.717) is 34.0 Å². The third-order valence-corrected chi connectivity index (χ3v) is 6.00. The number of nitrogens with zero attached hydrogens (tertiary/aromatic N) is 2. The van der Waals surface area contributed by atoms with Gasteiger partial charge in [-0.25, -0.2) is 14.4 Å². The number of methoxy groups -OCH3 is 1. The number of hydrazine groups is 1. The summed E-state index contributed by atoms with van der Waals surface area (Å²) in [5, 5.41) is 3.67. The van der Waals surface area contributed by atoms with Crippen LogP contribution in [0.1, 0.15) is 44.0 Å². The first-order chi connectivity index (χ1) is 19.3. The Morgan fingerprint density at radius 2 is 1.73 bits per heavy atom. The maximum atomic E-state index is 15.1. The summed E-state index contributed by atoms with van der Waals surface area (Å²) in [5.74, 6) is 0.534. The van der Waals surface area contributed by atoms with Crippen LogP contribution in [0.25, 0.3) is 10.9 Å². The number of carbonyl (C=O) groups is 2. The van der Waals surface area contributed by atoms with Crippen LogP contribution in [0, 0.1) is 5.82 Å². The summed E-state index contributed by atoms with van der Waals surface area (Å²) in [6, 6.07) is 14.2. The van der Waals surface area contributed by atoms with Crippen molar-refractivity contribution in [1.29, 1.82) is 0 Å². The van der Waals surface area contributed by atoms with Gasteiger partial charge >= 0.3 is 0 Å². The van der Waals surface area contributed by atoms with Gasteiger partial charge in [0, 0.05) is 30.0 Å². The molecule has 4 aromatic rings. The molecule has 0 unspecified atom stereocenters. The lowest BCUT2D eigenvalue weighted by molar-refractivity contribution is -0.119. The van der Waals surface area contributed by atoms with E-state index in [1.54, 1.807) is 43.5 Å². The highest BCUT2D eigenvalue weighted by Gasteiger charge is 2.16. The highest BCUT2D eigenvalue weighted by molar-refractivity contribution is 5.95. The van der Waals surface area contributed by atoms with E-state index in [2.05, 4.69) is 40.0 Å². The number of hydrogen-bond acceptors (Lipinski definition) is 8. The third kappa shape index (κ3) is 6.73. The van der Waals surface area contributed by atoms with E-state index in [0.717, 1.165) is 12.8 Å². The van der Waals surface area contributed by atoms with Crippen molar-refractivity contribution in [3.8, 4) is 23.0 Å². The largest absolute Gasteiger partial charge is 0.493 e. The molecule has 0 spiro atoms. The van der Waals surface area contributed by atoms with E-state index in [4.69, 9.17) is 14.2 Å². The van der Waals surface area contributed by atoms with Crippen LogP contribution in [0.3, 0.4) is 0 Å². The molecule has 208 valence electrons. The molecule has 0 fully saturated rings.